The van der Waals surface area contributed by atoms with Crippen molar-refractivity contribution in [2.24, 2.45) is 0 Å². The van der Waals surface area contributed by atoms with Crippen LogP contribution in [0.1, 0.15) is 12.0 Å². The van der Waals surface area contributed by atoms with Crippen molar-refractivity contribution in [2.75, 3.05) is 14.2 Å². The first-order valence-corrected chi connectivity index (χ1v) is 4.39. The molecule has 0 spiro atoms. The molecule has 0 unspecified atom stereocenters. The molecule has 0 fully saturated rings. The van der Waals surface area contributed by atoms with E-state index in [4.69, 9.17) is 14.7 Å². The minimum Gasteiger partial charge on any atom is -0.497 e. The Morgan fingerprint density at radius 2 is 2.07 bits per heavy atom. The number of methoxy groups -OCH3 is 2. The highest BCUT2D eigenvalue weighted by Crippen LogP contribution is 2.23. The molecule has 15 heavy (non-hydrogen) atoms. The lowest BCUT2D eigenvalue weighted by molar-refractivity contribution is 0.393. The standard InChI is InChI=1S/C12H11NO2/c1-14-11-7-6-10(5-3-4-8-13)12(9-11)15-2/h6-7,9H,4H2,1-2H3. The number of benzene rings is 1. The highest BCUT2D eigenvalue weighted by atomic mass is 16.5. The van der Waals surface area contributed by atoms with Gasteiger partial charge in [-0.25, -0.2) is 0 Å². The van der Waals surface area contributed by atoms with Gasteiger partial charge < -0.3 is 9.47 Å². The maximum absolute atomic E-state index is 8.35. The summed E-state index contributed by atoms with van der Waals surface area (Å²) in [4.78, 5) is 0. The Labute approximate surface area is 89.2 Å². The molecule has 0 atom stereocenters. The van der Waals surface area contributed by atoms with Gasteiger partial charge in [0.05, 0.1) is 32.3 Å². The average Bonchev–Trinajstić information content (AvgIpc) is 2.29. The first-order chi connectivity index (χ1) is 7.31. The van der Waals surface area contributed by atoms with Crippen LogP contribution in [-0.4, -0.2) is 14.2 Å². The van der Waals surface area contributed by atoms with E-state index in [2.05, 4.69) is 11.8 Å². The molecule has 0 saturated carbocycles. The SMILES string of the molecule is COc1ccc(C#CCC#N)c(OC)c1. The Kier molecular flexibility index (Phi) is 4.06. The van der Waals surface area contributed by atoms with Crippen LogP contribution in [0.3, 0.4) is 0 Å². The van der Waals surface area contributed by atoms with Crippen molar-refractivity contribution < 1.29 is 9.47 Å². The fraction of sp³-hybridized carbons (Fsp3) is 0.250. The Morgan fingerprint density at radius 3 is 2.67 bits per heavy atom. The molecule has 1 rings (SSSR count). The van der Waals surface area contributed by atoms with Crippen LogP contribution >= 0.6 is 0 Å². The minimum absolute atomic E-state index is 0.217. The van der Waals surface area contributed by atoms with E-state index in [-0.39, 0.29) is 6.42 Å². The summed E-state index contributed by atoms with van der Waals surface area (Å²) < 4.78 is 10.2. The zero-order valence-corrected chi connectivity index (χ0v) is 8.70. The predicted molar refractivity (Wildman–Crippen MR) is 56.7 cm³/mol. The van der Waals surface area contributed by atoms with Gasteiger partial charge in [-0.15, -0.1) is 0 Å². The molecule has 3 heteroatoms. The van der Waals surface area contributed by atoms with E-state index in [0.29, 0.717) is 5.75 Å². The molecular weight excluding hydrogens is 190 g/mol. The van der Waals surface area contributed by atoms with Gasteiger partial charge in [-0.3, -0.25) is 0 Å². The van der Waals surface area contributed by atoms with Gasteiger partial charge in [-0.1, -0.05) is 11.8 Å². The second-order valence-electron chi connectivity index (χ2n) is 2.70. The van der Waals surface area contributed by atoms with E-state index >= 15 is 0 Å². The molecule has 0 heterocycles. The van der Waals surface area contributed by atoms with Gasteiger partial charge in [0, 0.05) is 6.07 Å². The zero-order chi connectivity index (χ0) is 11.1. The van der Waals surface area contributed by atoms with Gasteiger partial charge in [-0.05, 0) is 12.1 Å². The lowest BCUT2D eigenvalue weighted by atomic mass is 10.2. The van der Waals surface area contributed by atoms with Crippen molar-refractivity contribution in [1.29, 1.82) is 5.26 Å². The largest absolute Gasteiger partial charge is 0.497 e. The van der Waals surface area contributed by atoms with Crippen LogP contribution in [0.15, 0.2) is 18.2 Å². The molecule has 3 nitrogen and oxygen atoms in total. The Balaban J connectivity index is 3.00. The summed E-state index contributed by atoms with van der Waals surface area (Å²) in [5, 5.41) is 8.35. The molecule has 0 bridgehead atoms. The van der Waals surface area contributed by atoms with Gasteiger partial charge in [-0.2, -0.15) is 5.26 Å². The monoisotopic (exact) mass is 201 g/mol. The van der Waals surface area contributed by atoms with E-state index in [0.717, 1.165) is 11.3 Å². The maximum atomic E-state index is 8.35. The van der Waals surface area contributed by atoms with E-state index in [1.165, 1.54) is 0 Å². The van der Waals surface area contributed by atoms with Gasteiger partial charge in [0.1, 0.15) is 11.5 Å². The lowest BCUT2D eigenvalue weighted by Crippen LogP contribution is -1.90. The highest BCUT2D eigenvalue weighted by molar-refractivity contribution is 5.49. The smallest absolute Gasteiger partial charge is 0.138 e. The summed E-state index contributed by atoms with van der Waals surface area (Å²) in [6, 6.07) is 7.33. The molecule has 0 aliphatic carbocycles. The third-order valence-corrected chi connectivity index (χ3v) is 1.80. The molecule has 1 aromatic carbocycles. The van der Waals surface area contributed by atoms with Crippen LogP contribution in [0.5, 0.6) is 11.5 Å². The minimum atomic E-state index is 0.217. The van der Waals surface area contributed by atoms with Crippen molar-refractivity contribution in [2.45, 2.75) is 6.42 Å². The number of nitriles is 1. The van der Waals surface area contributed by atoms with Crippen LogP contribution in [0.25, 0.3) is 0 Å². The van der Waals surface area contributed by atoms with Crippen LogP contribution in [0.2, 0.25) is 0 Å². The molecule has 0 aliphatic heterocycles. The summed E-state index contributed by atoms with van der Waals surface area (Å²) in [6.45, 7) is 0. The first-order valence-electron chi connectivity index (χ1n) is 4.39. The topological polar surface area (TPSA) is 42.2 Å². The lowest BCUT2D eigenvalue weighted by Gasteiger charge is -2.05. The molecule has 0 aromatic heterocycles. The molecule has 0 saturated heterocycles. The first kappa shape index (κ1) is 10.9. The molecule has 0 aliphatic rings. The van der Waals surface area contributed by atoms with Gasteiger partial charge in [0.15, 0.2) is 0 Å². The van der Waals surface area contributed by atoms with E-state index in [1.807, 2.05) is 12.1 Å². The predicted octanol–water partition coefficient (Wildman–Crippen LogP) is 1.97. The van der Waals surface area contributed by atoms with Gasteiger partial charge in [0.2, 0.25) is 0 Å². The summed E-state index contributed by atoms with van der Waals surface area (Å²) in [5.74, 6) is 6.97. The molecule has 0 radical (unpaired) electrons. The number of rotatable bonds is 2. The van der Waals surface area contributed by atoms with Crippen molar-refractivity contribution >= 4 is 0 Å². The van der Waals surface area contributed by atoms with E-state index < -0.39 is 0 Å². The Morgan fingerprint density at radius 1 is 1.27 bits per heavy atom. The van der Waals surface area contributed by atoms with Crippen LogP contribution in [-0.2, 0) is 0 Å². The number of hydrogen-bond acceptors (Lipinski definition) is 3. The second-order valence-corrected chi connectivity index (χ2v) is 2.70. The molecule has 0 N–H and O–H groups in total. The fourth-order valence-electron chi connectivity index (χ4n) is 1.08. The molecule has 1 aromatic rings. The van der Waals surface area contributed by atoms with Crippen molar-refractivity contribution in [3.8, 4) is 29.4 Å². The van der Waals surface area contributed by atoms with Crippen LogP contribution < -0.4 is 9.47 Å². The number of hydrogen-bond donors (Lipinski definition) is 0. The maximum Gasteiger partial charge on any atom is 0.138 e. The molecular formula is C12H11NO2. The van der Waals surface area contributed by atoms with Gasteiger partial charge in [0.25, 0.3) is 0 Å². The van der Waals surface area contributed by atoms with Crippen LogP contribution in [0, 0.1) is 23.2 Å². The number of nitrogens with zero attached hydrogens (tertiary/aromatic N) is 1. The van der Waals surface area contributed by atoms with Crippen molar-refractivity contribution in [3.63, 3.8) is 0 Å². The van der Waals surface area contributed by atoms with E-state index in [1.54, 1.807) is 26.4 Å². The zero-order valence-electron chi connectivity index (χ0n) is 8.70. The summed E-state index contributed by atoms with van der Waals surface area (Å²) in [7, 11) is 3.17. The summed E-state index contributed by atoms with van der Waals surface area (Å²) in [5.41, 5.74) is 0.758. The molecule has 76 valence electrons. The van der Waals surface area contributed by atoms with Crippen molar-refractivity contribution in [3.05, 3.63) is 23.8 Å². The molecule has 0 amide bonds. The second kappa shape index (κ2) is 5.57. The highest BCUT2D eigenvalue weighted by Gasteiger charge is 2.01. The number of ether oxygens (including phenoxy) is 2. The van der Waals surface area contributed by atoms with Crippen LogP contribution in [0.4, 0.5) is 0 Å². The van der Waals surface area contributed by atoms with Crippen molar-refractivity contribution in [1.82, 2.24) is 0 Å². The van der Waals surface area contributed by atoms with Gasteiger partial charge >= 0.3 is 0 Å². The average molecular weight is 201 g/mol. The van der Waals surface area contributed by atoms with E-state index in [9.17, 15) is 0 Å². The summed E-state index contributed by atoms with van der Waals surface area (Å²) in [6.07, 6.45) is 0.217. The summed E-state index contributed by atoms with van der Waals surface area (Å²) >= 11 is 0. The normalized spacial score (nSPS) is 8.33. The third kappa shape index (κ3) is 2.93. The Hall–Kier alpha value is -2.13. The Bertz CT molecular complexity index is 435. The fourth-order valence-corrected chi connectivity index (χ4v) is 1.08. The third-order valence-electron chi connectivity index (χ3n) is 1.80. The quantitative estimate of drug-likeness (QED) is 0.687.